The van der Waals surface area contributed by atoms with Crippen molar-refractivity contribution in [3.63, 3.8) is 0 Å². The lowest BCUT2D eigenvalue weighted by Gasteiger charge is -2.20. The number of hydrogen-bond donors (Lipinski definition) is 2. The average Bonchev–Trinajstić information content (AvgIpc) is 2.98. The minimum Gasteiger partial charge on any atom is -0.449 e. The van der Waals surface area contributed by atoms with Crippen molar-refractivity contribution in [3.05, 3.63) is 110 Å². The zero-order chi connectivity index (χ0) is 34.2. The van der Waals surface area contributed by atoms with E-state index in [9.17, 15) is 45.5 Å². The molecule has 11 nitrogen and oxygen atoms in total. The van der Waals surface area contributed by atoms with E-state index in [0.29, 0.717) is 17.8 Å². The monoisotopic (exact) mass is 651 g/mol. The van der Waals surface area contributed by atoms with Gasteiger partial charge in [-0.2, -0.15) is 0 Å². The highest BCUT2D eigenvalue weighted by atomic mass is 19.2. The number of hydrogen-bond acceptors (Lipinski definition) is 7. The van der Waals surface area contributed by atoms with Crippen LogP contribution < -0.4 is 25.3 Å². The molecule has 0 unspecified atom stereocenters. The number of carbonyl (C=O) groups is 2. The first-order valence-corrected chi connectivity index (χ1v) is 12.5. The molecule has 0 aliphatic heterocycles. The summed E-state index contributed by atoms with van der Waals surface area (Å²) >= 11 is 0. The topological polar surface area (TPSA) is 140 Å². The second-order valence-corrected chi connectivity index (χ2v) is 9.50. The van der Waals surface area contributed by atoms with Gasteiger partial charge in [-0.1, -0.05) is 0 Å². The molecular formula is C29H19F6N3O8. The van der Waals surface area contributed by atoms with Crippen molar-refractivity contribution in [2.45, 2.75) is 6.92 Å². The molecule has 2 aromatic heterocycles. The Balaban J connectivity index is 0.000000212. The summed E-state index contributed by atoms with van der Waals surface area (Å²) in [5, 5.41) is 17.7. The number of aryl methyl sites for hydroxylation is 1. The molecule has 3 aromatic carbocycles. The van der Waals surface area contributed by atoms with Gasteiger partial charge in [-0.15, -0.1) is 0 Å². The van der Waals surface area contributed by atoms with Crippen LogP contribution in [0.5, 0.6) is 11.5 Å². The Morgan fingerprint density at radius 2 is 1.20 bits per heavy atom. The Kier molecular flexibility index (Phi) is 8.97. The number of halogens is 6. The molecule has 0 bridgehead atoms. The molecule has 17 heteroatoms. The lowest BCUT2D eigenvalue weighted by Crippen LogP contribution is -2.29. The zero-order valence-electron chi connectivity index (χ0n) is 23.6. The first kappa shape index (κ1) is 32.9. The maximum atomic E-state index is 14.0. The molecule has 2 N–H and O–H groups in total. The van der Waals surface area contributed by atoms with E-state index in [-0.39, 0.29) is 16.5 Å². The third-order valence-corrected chi connectivity index (χ3v) is 6.38. The van der Waals surface area contributed by atoms with Gasteiger partial charge in [0.15, 0.2) is 34.8 Å². The molecule has 0 saturated carbocycles. The summed E-state index contributed by atoms with van der Waals surface area (Å²) in [6.07, 6.45) is -1.59. The smallest absolute Gasteiger partial charge is 0.449 e. The Morgan fingerprint density at radius 3 is 1.70 bits per heavy atom. The van der Waals surface area contributed by atoms with Crippen molar-refractivity contribution in [1.29, 1.82) is 0 Å². The van der Waals surface area contributed by atoms with Crippen LogP contribution >= 0.6 is 0 Å². The summed E-state index contributed by atoms with van der Waals surface area (Å²) in [7, 11) is 2.85. The number of pyridine rings is 2. The van der Waals surface area contributed by atoms with E-state index in [4.69, 9.17) is 10.2 Å². The summed E-state index contributed by atoms with van der Waals surface area (Å²) in [5.74, 6) is -9.01. The maximum absolute atomic E-state index is 14.0. The SMILES string of the molecule is CN(C)n1cc(OC(=O)O)c(=O)c2cc(F)c(F)c(F)c21.Cc1c(F)c(F)cc2c(=O)c(OC(=O)O)cn(-c3ccc(F)cc3)c12. The highest BCUT2D eigenvalue weighted by Gasteiger charge is 2.23. The Labute approximate surface area is 252 Å². The summed E-state index contributed by atoms with van der Waals surface area (Å²) in [6.45, 7) is 1.28. The Bertz CT molecular complexity index is 2170. The third-order valence-electron chi connectivity index (χ3n) is 6.38. The van der Waals surface area contributed by atoms with E-state index in [0.717, 1.165) is 29.2 Å². The van der Waals surface area contributed by atoms with Crippen LogP contribution in [-0.2, 0) is 0 Å². The molecule has 0 radical (unpaired) electrons. The van der Waals surface area contributed by atoms with E-state index in [1.165, 1.54) is 42.7 Å². The van der Waals surface area contributed by atoms with Gasteiger partial charge in [-0.25, -0.2) is 35.9 Å². The number of aromatic nitrogens is 2. The number of benzene rings is 3. The number of fused-ring (bicyclic) bond motifs is 2. The number of nitrogens with zero attached hydrogens (tertiary/aromatic N) is 3. The summed E-state index contributed by atoms with van der Waals surface area (Å²) in [6, 6.07) is 6.10. The average molecular weight is 651 g/mol. The van der Waals surface area contributed by atoms with Gasteiger partial charge >= 0.3 is 12.3 Å². The normalized spacial score (nSPS) is 10.8. The fourth-order valence-corrected chi connectivity index (χ4v) is 4.40. The standard InChI is InChI=1S/C17H10F3NO4.C12H9F3N2O4/c1-8-14(20)12(19)6-11-15(8)21(10-4-2-9(18)3-5-10)7-13(16(11)22)25-17(23)24;1-16(2)17-4-7(21-12(19)20)11(18)5-3-6(13)8(14)9(15)10(5)17/h2-7H,1H3,(H,23,24);3-4H,1-2H3,(H,19,20). The van der Waals surface area contributed by atoms with Crippen LogP contribution in [0.3, 0.4) is 0 Å². The van der Waals surface area contributed by atoms with Gasteiger partial charge in [0.2, 0.25) is 16.6 Å². The molecule has 0 amide bonds. The van der Waals surface area contributed by atoms with Gasteiger partial charge in [0.05, 0.1) is 28.7 Å². The van der Waals surface area contributed by atoms with Crippen molar-refractivity contribution >= 4 is 34.1 Å². The highest BCUT2D eigenvalue weighted by molar-refractivity contribution is 5.86. The van der Waals surface area contributed by atoms with Crippen molar-refractivity contribution in [2.75, 3.05) is 19.1 Å². The van der Waals surface area contributed by atoms with Crippen molar-refractivity contribution in [3.8, 4) is 17.2 Å². The highest BCUT2D eigenvalue weighted by Crippen LogP contribution is 2.27. The molecule has 2 heterocycles. The number of rotatable bonds is 4. The predicted molar refractivity (Wildman–Crippen MR) is 150 cm³/mol. The second-order valence-electron chi connectivity index (χ2n) is 9.50. The van der Waals surface area contributed by atoms with Crippen LogP contribution in [0.2, 0.25) is 0 Å². The fourth-order valence-electron chi connectivity index (χ4n) is 4.40. The summed E-state index contributed by atoms with van der Waals surface area (Å²) in [4.78, 5) is 45.7. The van der Waals surface area contributed by atoms with E-state index >= 15 is 0 Å². The lowest BCUT2D eigenvalue weighted by atomic mass is 10.1. The number of ether oxygens (including phenoxy) is 2. The molecule has 5 rings (SSSR count). The Hall–Kier alpha value is -6.00. The minimum absolute atomic E-state index is 0.0215. The summed E-state index contributed by atoms with van der Waals surface area (Å²) < 4.78 is 92.3. The second kappa shape index (κ2) is 12.5. The quantitative estimate of drug-likeness (QED) is 0.148. The van der Waals surface area contributed by atoms with Crippen LogP contribution in [0.1, 0.15) is 5.56 Å². The van der Waals surface area contributed by atoms with Crippen molar-refractivity contribution in [2.24, 2.45) is 0 Å². The third kappa shape index (κ3) is 6.15. The Morgan fingerprint density at radius 1 is 0.717 bits per heavy atom. The molecular weight excluding hydrogens is 632 g/mol. The van der Waals surface area contributed by atoms with Crippen LogP contribution in [-0.4, -0.2) is 45.9 Å². The molecule has 0 atom stereocenters. The van der Waals surface area contributed by atoms with Gasteiger partial charge in [-0.05, 0) is 43.3 Å². The van der Waals surface area contributed by atoms with E-state index < -0.39 is 80.5 Å². The molecule has 0 spiro atoms. The molecule has 240 valence electrons. The van der Waals surface area contributed by atoms with E-state index in [1.54, 1.807) is 0 Å². The van der Waals surface area contributed by atoms with Crippen LogP contribution in [0, 0.1) is 41.8 Å². The maximum Gasteiger partial charge on any atom is 0.511 e. The first-order valence-electron chi connectivity index (χ1n) is 12.5. The van der Waals surface area contributed by atoms with Gasteiger partial charge in [0, 0.05) is 25.3 Å². The molecule has 5 aromatic rings. The van der Waals surface area contributed by atoms with Gasteiger partial charge in [-0.3, -0.25) is 14.3 Å². The minimum atomic E-state index is -1.76. The summed E-state index contributed by atoms with van der Waals surface area (Å²) in [5.41, 5.74) is -2.33. The largest absolute Gasteiger partial charge is 0.511 e. The zero-order valence-corrected chi connectivity index (χ0v) is 23.6. The van der Waals surface area contributed by atoms with Crippen LogP contribution in [0.4, 0.5) is 35.9 Å². The fraction of sp³-hybridized carbons (Fsp3) is 0.103. The van der Waals surface area contributed by atoms with Crippen LogP contribution in [0.25, 0.3) is 27.5 Å². The first-order chi connectivity index (χ1) is 21.5. The molecule has 0 aliphatic rings. The van der Waals surface area contributed by atoms with E-state index in [2.05, 4.69) is 9.47 Å². The molecule has 0 fully saturated rings. The van der Waals surface area contributed by atoms with Crippen LogP contribution in [0.15, 0.2) is 58.4 Å². The van der Waals surface area contributed by atoms with Gasteiger partial charge in [0.25, 0.3) is 0 Å². The van der Waals surface area contributed by atoms with Gasteiger partial charge in [0.1, 0.15) is 11.3 Å². The number of carboxylic acid groups (broad SMARTS) is 2. The predicted octanol–water partition coefficient (Wildman–Crippen LogP) is 5.45. The lowest BCUT2D eigenvalue weighted by molar-refractivity contribution is 0.142. The molecule has 0 saturated heterocycles. The van der Waals surface area contributed by atoms with Gasteiger partial charge < -0.3 is 29.3 Å². The van der Waals surface area contributed by atoms with E-state index in [1.807, 2.05) is 0 Å². The molecule has 46 heavy (non-hydrogen) atoms. The van der Waals surface area contributed by atoms with Crippen molar-refractivity contribution in [1.82, 2.24) is 9.24 Å². The van der Waals surface area contributed by atoms with Crippen molar-refractivity contribution < 1.29 is 55.6 Å². The molecule has 0 aliphatic carbocycles.